The van der Waals surface area contributed by atoms with Gasteiger partial charge in [-0.3, -0.25) is 19.3 Å². The van der Waals surface area contributed by atoms with Gasteiger partial charge in [0.1, 0.15) is 0 Å². The first-order valence-corrected chi connectivity index (χ1v) is 11.2. The number of esters is 1. The van der Waals surface area contributed by atoms with Gasteiger partial charge in [0.25, 0.3) is 11.8 Å². The van der Waals surface area contributed by atoms with Gasteiger partial charge in [-0.1, -0.05) is 43.5 Å². The third-order valence-electron chi connectivity index (χ3n) is 5.44. The van der Waals surface area contributed by atoms with Gasteiger partial charge in [0.2, 0.25) is 0 Å². The summed E-state index contributed by atoms with van der Waals surface area (Å²) in [4.78, 5) is 53.2. The fraction of sp³-hybridized carbons (Fsp3) is 0.542. The molecule has 1 heterocycles. The number of nitrogens with zero attached hydrogens (tertiary/aromatic N) is 2. The summed E-state index contributed by atoms with van der Waals surface area (Å²) >= 11 is 0. The first-order chi connectivity index (χ1) is 15.3. The minimum Gasteiger partial charge on any atom is -0.465 e. The first-order valence-electron chi connectivity index (χ1n) is 11.2. The number of imide groups is 1. The highest BCUT2D eigenvalue weighted by Crippen LogP contribution is 2.23. The molecule has 0 fully saturated rings. The summed E-state index contributed by atoms with van der Waals surface area (Å²) in [5, 5.41) is 3.99. The Morgan fingerprint density at radius 1 is 0.938 bits per heavy atom. The van der Waals surface area contributed by atoms with Gasteiger partial charge in [0.05, 0.1) is 23.4 Å². The minimum absolute atomic E-state index is 0.0907. The fourth-order valence-electron chi connectivity index (χ4n) is 3.66. The Bertz CT molecular complexity index is 829. The van der Waals surface area contributed by atoms with Crippen molar-refractivity contribution in [2.24, 2.45) is 11.1 Å². The summed E-state index contributed by atoms with van der Waals surface area (Å²) in [6.07, 6.45) is 5.75. The Labute approximate surface area is 188 Å². The molecule has 1 atom stereocenters. The molecule has 8 heteroatoms. The van der Waals surface area contributed by atoms with Crippen LogP contribution in [0.2, 0.25) is 0 Å². The largest absolute Gasteiger partial charge is 0.465 e. The van der Waals surface area contributed by atoms with Crippen LogP contribution in [0.3, 0.4) is 0 Å². The van der Waals surface area contributed by atoms with Crippen molar-refractivity contribution in [3.8, 4) is 0 Å². The van der Waals surface area contributed by atoms with Crippen molar-refractivity contribution in [2.75, 3.05) is 13.2 Å². The second-order valence-electron chi connectivity index (χ2n) is 7.90. The van der Waals surface area contributed by atoms with Crippen LogP contribution in [0.25, 0.3) is 0 Å². The molecule has 0 aromatic heterocycles. The molecule has 0 saturated heterocycles. The van der Waals surface area contributed by atoms with Gasteiger partial charge in [-0.05, 0) is 37.8 Å². The highest BCUT2D eigenvalue weighted by atomic mass is 16.7. The number of carbonyl (C=O) groups excluding carboxylic acids is 4. The highest BCUT2D eigenvalue weighted by molar-refractivity contribution is 6.21. The average Bonchev–Trinajstić information content (AvgIpc) is 3.01. The summed E-state index contributed by atoms with van der Waals surface area (Å²) in [6, 6.07) is 6.91. The lowest BCUT2D eigenvalue weighted by Gasteiger charge is -2.17. The fourth-order valence-corrected chi connectivity index (χ4v) is 3.66. The van der Waals surface area contributed by atoms with Gasteiger partial charge >= 0.3 is 11.9 Å². The van der Waals surface area contributed by atoms with E-state index < -0.39 is 5.97 Å². The van der Waals surface area contributed by atoms with E-state index in [0.717, 1.165) is 37.8 Å². The maximum Gasteiger partial charge on any atom is 0.331 e. The lowest BCUT2D eigenvalue weighted by atomic mass is 9.96. The summed E-state index contributed by atoms with van der Waals surface area (Å²) in [7, 11) is 0. The third-order valence-corrected chi connectivity index (χ3v) is 5.44. The molecule has 1 aliphatic heterocycles. The van der Waals surface area contributed by atoms with E-state index in [2.05, 4.69) is 5.16 Å². The Morgan fingerprint density at radius 2 is 1.53 bits per heavy atom. The molecular formula is C24H32N2O6. The van der Waals surface area contributed by atoms with E-state index in [1.54, 1.807) is 24.3 Å². The molecule has 0 aliphatic carbocycles. The summed E-state index contributed by atoms with van der Waals surface area (Å²) in [5.41, 5.74) is 1.68. The Hall–Kier alpha value is -3.03. The van der Waals surface area contributed by atoms with Crippen molar-refractivity contribution in [3.05, 3.63) is 35.4 Å². The number of fused-ring (bicyclic) bond motifs is 1. The Morgan fingerprint density at radius 3 is 2.09 bits per heavy atom. The van der Waals surface area contributed by atoms with Crippen LogP contribution in [0, 0.1) is 5.92 Å². The summed E-state index contributed by atoms with van der Waals surface area (Å²) in [5.74, 6) is -1.36. The van der Waals surface area contributed by atoms with Crippen molar-refractivity contribution < 1.29 is 28.8 Å². The normalized spacial score (nSPS) is 14.3. The number of oxime groups is 1. The topological polar surface area (TPSA) is 102 Å². The van der Waals surface area contributed by atoms with Gasteiger partial charge < -0.3 is 9.57 Å². The van der Waals surface area contributed by atoms with Crippen molar-refractivity contribution >= 4 is 29.5 Å². The van der Waals surface area contributed by atoms with Crippen LogP contribution in [0.4, 0.5) is 0 Å². The quantitative estimate of drug-likeness (QED) is 0.113. The SMILES string of the molecule is CCC(COC(C)=O)/C(CCCCCCCN1C(=O)c2ccccc2C1=O)=N/OC(C)=O. The number of hydrogen-bond acceptors (Lipinski definition) is 7. The van der Waals surface area contributed by atoms with E-state index >= 15 is 0 Å². The van der Waals surface area contributed by atoms with Crippen LogP contribution in [0.15, 0.2) is 29.4 Å². The monoisotopic (exact) mass is 444 g/mol. The Kier molecular flexibility index (Phi) is 10.0. The zero-order chi connectivity index (χ0) is 23.5. The molecule has 1 aromatic carbocycles. The molecule has 1 aliphatic rings. The summed E-state index contributed by atoms with van der Waals surface area (Å²) < 4.78 is 5.11. The van der Waals surface area contributed by atoms with Crippen molar-refractivity contribution in [1.82, 2.24) is 4.90 Å². The number of rotatable bonds is 13. The molecule has 0 radical (unpaired) electrons. The number of unbranched alkanes of at least 4 members (excludes halogenated alkanes) is 4. The standard InChI is InChI=1S/C24H32N2O6/c1-4-19(16-31-17(2)27)22(25-32-18(3)28)14-8-6-5-7-11-15-26-23(29)20-12-9-10-13-21(20)24(26)30/h9-10,12-13,19H,4-8,11,14-16H2,1-3H3/b25-22+. The number of benzene rings is 1. The predicted octanol–water partition coefficient (Wildman–Crippen LogP) is 4.13. The third kappa shape index (κ3) is 7.28. The summed E-state index contributed by atoms with van der Waals surface area (Å²) in [6.45, 7) is 5.26. The van der Waals surface area contributed by atoms with Gasteiger partial charge in [-0.2, -0.15) is 0 Å². The molecule has 0 N–H and O–H groups in total. The predicted molar refractivity (Wildman–Crippen MR) is 119 cm³/mol. The molecule has 1 unspecified atom stereocenters. The second-order valence-corrected chi connectivity index (χ2v) is 7.90. The molecular weight excluding hydrogens is 412 g/mol. The van der Waals surface area contributed by atoms with Gasteiger partial charge in [-0.25, -0.2) is 4.79 Å². The number of hydrogen-bond donors (Lipinski definition) is 0. The number of ether oxygens (including phenoxy) is 1. The van der Waals surface area contributed by atoms with E-state index in [4.69, 9.17) is 9.57 Å². The van der Waals surface area contributed by atoms with Crippen molar-refractivity contribution in [2.45, 2.75) is 65.7 Å². The van der Waals surface area contributed by atoms with Crippen LogP contribution >= 0.6 is 0 Å². The number of amides is 2. The molecule has 2 rings (SSSR count). The van der Waals surface area contributed by atoms with Crippen molar-refractivity contribution in [3.63, 3.8) is 0 Å². The van der Waals surface area contributed by atoms with E-state index in [1.165, 1.54) is 18.7 Å². The molecule has 174 valence electrons. The van der Waals surface area contributed by atoms with E-state index in [0.29, 0.717) is 30.5 Å². The molecule has 1 aromatic rings. The van der Waals surface area contributed by atoms with Crippen LogP contribution in [-0.2, 0) is 19.2 Å². The molecule has 32 heavy (non-hydrogen) atoms. The van der Waals surface area contributed by atoms with E-state index in [1.807, 2.05) is 6.92 Å². The van der Waals surface area contributed by atoms with Gasteiger partial charge in [0, 0.05) is 26.3 Å². The molecule has 0 saturated carbocycles. The van der Waals surface area contributed by atoms with Gasteiger partial charge in [-0.15, -0.1) is 0 Å². The zero-order valence-corrected chi connectivity index (χ0v) is 19.1. The lowest BCUT2D eigenvalue weighted by molar-refractivity contribution is -0.143. The lowest BCUT2D eigenvalue weighted by Crippen LogP contribution is -2.30. The van der Waals surface area contributed by atoms with E-state index in [9.17, 15) is 19.2 Å². The van der Waals surface area contributed by atoms with Crippen molar-refractivity contribution in [1.29, 1.82) is 0 Å². The maximum absolute atomic E-state index is 12.4. The van der Waals surface area contributed by atoms with Gasteiger partial charge in [0.15, 0.2) is 0 Å². The highest BCUT2D eigenvalue weighted by Gasteiger charge is 2.34. The minimum atomic E-state index is -0.488. The zero-order valence-electron chi connectivity index (χ0n) is 19.1. The molecule has 2 amide bonds. The maximum atomic E-state index is 12.4. The first kappa shape index (κ1) is 25.2. The molecule has 0 spiro atoms. The smallest absolute Gasteiger partial charge is 0.331 e. The Balaban J connectivity index is 1.73. The number of carbonyl (C=O) groups is 4. The van der Waals surface area contributed by atoms with Crippen LogP contribution < -0.4 is 0 Å². The second kappa shape index (κ2) is 12.7. The average molecular weight is 445 g/mol. The van der Waals surface area contributed by atoms with Crippen LogP contribution in [-0.4, -0.2) is 47.5 Å². The molecule has 8 nitrogen and oxygen atoms in total. The van der Waals surface area contributed by atoms with Crippen LogP contribution in [0.5, 0.6) is 0 Å². The van der Waals surface area contributed by atoms with Crippen LogP contribution in [0.1, 0.15) is 86.4 Å². The van der Waals surface area contributed by atoms with E-state index in [-0.39, 0.29) is 30.3 Å². The molecule has 0 bridgehead atoms.